The molecule has 3 heteroatoms. The van der Waals surface area contributed by atoms with Crippen molar-refractivity contribution in [3.05, 3.63) is 29.3 Å². The summed E-state index contributed by atoms with van der Waals surface area (Å²) in [4.78, 5) is 0. The van der Waals surface area contributed by atoms with Crippen molar-refractivity contribution in [1.29, 1.82) is 0 Å². The van der Waals surface area contributed by atoms with E-state index in [1.165, 1.54) is 0 Å². The van der Waals surface area contributed by atoms with Gasteiger partial charge in [-0.1, -0.05) is 30.7 Å². The summed E-state index contributed by atoms with van der Waals surface area (Å²) in [7, 11) is 0. The van der Waals surface area contributed by atoms with Crippen molar-refractivity contribution in [3.63, 3.8) is 0 Å². The number of ether oxygens (including phenoxy) is 1. The van der Waals surface area contributed by atoms with Gasteiger partial charge in [0.15, 0.2) is 0 Å². The van der Waals surface area contributed by atoms with Crippen molar-refractivity contribution in [3.8, 4) is 5.75 Å². The van der Waals surface area contributed by atoms with Gasteiger partial charge >= 0.3 is 0 Å². The zero-order valence-electron chi connectivity index (χ0n) is 8.95. The Labute approximate surface area is 102 Å². The molecular weight excluding hydrogens is 228 g/mol. The van der Waals surface area contributed by atoms with Gasteiger partial charge in [-0.25, -0.2) is 0 Å². The van der Waals surface area contributed by atoms with E-state index in [4.69, 9.17) is 16.3 Å². The summed E-state index contributed by atoms with van der Waals surface area (Å²) in [6.07, 6.45) is 2.18. The fourth-order valence-electron chi connectivity index (χ4n) is 1.30. The average Bonchev–Trinajstić information content (AvgIpc) is 2.21. The van der Waals surface area contributed by atoms with Gasteiger partial charge in [0, 0.05) is 0 Å². The zero-order valence-corrected chi connectivity index (χ0v) is 10.6. The third kappa shape index (κ3) is 4.80. The average molecular weight is 245 g/mol. The molecule has 1 nitrogen and oxygen atoms in total. The Kier molecular flexibility index (Phi) is 5.96. The van der Waals surface area contributed by atoms with E-state index < -0.39 is 0 Å². The Bertz CT molecular complexity index is 291. The van der Waals surface area contributed by atoms with E-state index in [-0.39, 0.29) is 0 Å². The van der Waals surface area contributed by atoms with E-state index in [1.807, 2.05) is 24.3 Å². The Hall–Kier alpha value is -0.340. The normalized spacial score (nSPS) is 12.5. The van der Waals surface area contributed by atoms with Gasteiger partial charge in [-0.2, -0.15) is 12.6 Å². The first kappa shape index (κ1) is 12.7. The standard InChI is InChI=1S/C12H17ClOS/c1-10(7-9-15)6-8-14-12-5-3-2-4-11(12)13/h2-5,10,15H,6-9H2,1H3. The van der Waals surface area contributed by atoms with E-state index in [0.717, 1.165) is 31.0 Å². The third-order valence-electron chi connectivity index (χ3n) is 2.33. The molecule has 0 aliphatic rings. The molecular formula is C12H17ClOS. The molecule has 0 heterocycles. The topological polar surface area (TPSA) is 9.23 Å². The Morgan fingerprint density at radius 3 is 2.73 bits per heavy atom. The molecule has 0 radical (unpaired) electrons. The predicted molar refractivity (Wildman–Crippen MR) is 69.2 cm³/mol. The summed E-state index contributed by atoms with van der Waals surface area (Å²) < 4.78 is 5.60. The van der Waals surface area contributed by atoms with Crippen LogP contribution in [0.1, 0.15) is 19.8 Å². The second-order valence-electron chi connectivity index (χ2n) is 3.69. The minimum atomic E-state index is 0.657. The predicted octanol–water partition coefficient (Wildman–Crippen LogP) is 4.06. The first-order valence-electron chi connectivity index (χ1n) is 5.22. The molecule has 0 saturated carbocycles. The molecule has 1 atom stereocenters. The number of benzene rings is 1. The second kappa shape index (κ2) is 7.02. The molecule has 0 spiro atoms. The van der Waals surface area contributed by atoms with Gasteiger partial charge in [-0.3, -0.25) is 0 Å². The molecule has 0 amide bonds. The van der Waals surface area contributed by atoms with Crippen LogP contribution in [0.2, 0.25) is 5.02 Å². The van der Waals surface area contributed by atoms with Crippen LogP contribution in [-0.2, 0) is 0 Å². The van der Waals surface area contributed by atoms with Crippen molar-refractivity contribution in [1.82, 2.24) is 0 Å². The quantitative estimate of drug-likeness (QED) is 0.743. The van der Waals surface area contributed by atoms with Crippen LogP contribution in [0.3, 0.4) is 0 Å². The molecule has 84 valence electrons. The number of hydrogen-bond donors (Lipinski definition) is 1. The first-order valence-corrected chi connectivity index (χ1v) is 6.23. The molecule has 0 saturated heterocycles. The second-order valence-corrected chi connectivity index (χ2v) is 4.54. The maximum Gasteiger partial charge on any atom is 0.137 e. The van der Waals surface area contributed by atoms with Crippen LogP contribution < -0.4 is 4.74 Å². The Balaban J connectivity index is 2.29. The molecule has 1 unspecified atom stereocenters. The van der Waals surface area contributed by atoms with Crippen molar-refractivity contribution in [2.75, 3.05) is 12.4 Å². The van der Waals surface area contributed by atoms with Crippen LogP contribution in [0.15, 0.2) is 24.3 Å². The lowest BCUT2D eigenvalue weighted by Gasteiger charge is -2.11. The highest BCUT2D eigenvalue weighted by molar-refractivity contribution is 7.80. The molecule has 0 N–H and O–H groups in total. The molecule has 1 aromatic carbocycles. The summed E-state index contributed by atoms with van der Waals surface area (Å²) >= 11 is 10.2. The van der Waals surface area contributed by atoms with E-state index in [0.29, 0.717) is 10.9 Å². The summed E-state index contributed by atoms with van der Waals surface area (Å²) in [6, 6.07) is 7.57. The Morgan fingerprint density at radius 1 is 1.33 bits per heavy atom. The van der Waals surface area contributed by atoms with Gasteiger partial charge < -0.3 is 4.74 Å². The summed E-state index contributed by atoms with van der Waals surface area (Å²) in [5.41, 5.74) is 0. The molecule has 15 heavy (non-hydrogen) atoms. The molecule has 1 rings (SSSR count). The van der Waals surface area contributed by atoms with Gasteiger partial charge in [-0.05, 0) is 36.6 Å². The summed E-state index contributed by atoms with van der Waals surface area (Å²) in [5.74, 6) is 2.37. The summed E-state index contributed by atoms with van der Waals surface area (Å²) in [5, 5.41) is 0.680. The van der Waals surface area contributed by atoms with Gasteiger partial charge in [0.05, 0.1) is 11.6 Å². The van der Waals surface area contributed by atoms with Crippen LogP contribution in [0.5, 0.6) is 5.75 Å². The van der Waals surface area contributed by atoms with Crippen molar-refractivity contribution in [2.24, 2.45) is 5.92 Å². The number of halogens is 1. The molecule has 0 aliphatic heterocycles. The highest BCUT2D eigenvalue weighted by Gasteiger charge is 2.03. The van der Waals surface area contributed by atoms with Gasteiger partial charge in [0.25, 0.3) is 0 Å². The Morgan fingerprint density at radius 2 is 2.07 bits per heavy atom. The molecule has 0 aliphatic carbocycles. The van der Waals surface area contributed by atoms with Gasteiger partial charge in [-0.15, -0.1) is 0 Å². The number of hydrogen-bond acceptors (Lipinski definition) is 2. The fourth-order valence-corrected chi connectivity index (χ4v) is 1.93. The lowest BCUT2D eigenvalue weighted by Crippen LogP contribution is -2.04. The van der Waals surface area contributed by atoms with Crippen molar-refractivity contribution >= 4 is 24.2 Å². The molecule has 0 fully saturated rings. The number of rotatable bonds is 6. The lowest BCUT2D eigenvalue weighted by molar-refractivity contribution is 0.282. The lowest BCUT2D eigenvalue weighted by atomic mass is 10.1. The zero-order chi connectivity index (χ0) is 11.1. The SMILES string of the molecule is CC(CCS)CCOc1ccccc1Cl. The van der Waals surface area contributed by atoms with Crippen LogP contribution in [0.25, 0.3) is 0 Å². The van der Waals surface area contributed by atoms with Crippen LogP contribution in [0, 0.1) is 5.92 Å². The molecule has 1 aromatic rings. The van der Waals surface area contributed by atoms with Gasteiger partial charge in [0.1, 0.15) is 5.75 Å². The fraction of sp³-hybridized carbons (Fsp3) is 0.500. The molecule has 0 bridgehead atoms. The third-order valence-corrected chi connectivity index (χ3v) is 2.90. The van der Waals surface area contributed by atoms with Crippen LogP contribution in [0.4, 0.5) is 0 Å². The minimum Gasteiger partial charge on any atom is -0.492 e. The van der Waals surface area contributed by atoms with E-state index >= 15 is 0 Å². The van der Waals surface area contributed by atoms with Crippen LogP contribution in [-0.4, -0.2) is 12.4 Å². The minimum absolute atomic E-state index is 0.657. The van der Waals surface area contributed by atoms with E-state index in [2.05, 4.69) is 19.6 Å². The van der Waals surface area contributed by atoms with E-state index in [1.54, 1.807) is 0 Å². The highest BCUT2D eigenvalue weighted by atomic mass is 35.5. The van der Waals surface area contributed by atoms with Crippen LogP contribution >= 0.6 is 24.2 Å². The number of thiol groups is 1. The number of para-hydroxylation sites is 1. The maximum atomic E-state index is 5.96. The largest absolute Gasteiger partial charge is 0.492 e. The summed E-state index contributed by atoms with van der Waals surface area (Å²) in [6.45, 7) is 2.94. The van der Waals surface area contributed by atoms with Crippen molar-refractivity contribution < 1.29 is 4.74 Å². The monoisotopic (exact) mass is 244 g/mol. The highest BCUT2D eigenvalue weighted by Crippen LogP contribution is 2.23. The van der Waals surface area contributed by atoms with E-state index in [9.17, 15) is 0 Å². The van der Waals surface area contributed by atoms with Gasteiger partial charge in [0.2, 0.25) is 0 Å². The first-order chi connectivity index (χ1) is 7.24. The van der Waals surface area contributed by atoms with Crippen molar-refractivity contribution in [2.45, 2.75) is 19.8 Å². The smallest absolute Gasteiger partial charge is 0.137 e. The molecule has 0 aromatic heterocycles. The maximum absolute atomic E-state index is 5.96.